The van der Waals surface area contributed by atoms with Crippen molar-refractivity contribution < 1.29 is 14.6 Å². The zero-order valence-electron chi connectivity index (χ0n) is 11.9. The van der Waals surface area contributed by atoms with Gasteiger partial charge in [0.05, 0.1) is 25.5 Å². The first-order chi connectivity index (χ1) is 9.77. The van der Waals surface area contributed by atoms with Gasteiger partial charge in [0.2, 0.25) is 0 Å². The van der Waals surface area contributed by atoms with E-state index in [1.165, 1.54) is 13.5 Å². The molecule has 110 valence electrons. The van der Waals surface area contributed by atoms with Crippen molar-refractivity contribution in [2.24, 2.45) is 0 Å². The Balaban J connectivity index is 2.21. The zero-order chi connectivity index (χ0) is 14.4. The third kappa shape index (κ3) is 3.28. The Morgan fingerprint density at radius 2 is 2.20 bits per heavy atom. The predicted molar refractivity (Wildman–Crippen MR) is 75.8 cm³/mol. The first-order valence-electron chi connectivity index (χ1n) is 7.17. The van der Waals surface area contributed by atoms with Crippen molar-refractivity contribution in [3.8, 4) is 5.75 Å². The average molecular weight is 278 g/mol. The van der Waals surface area contributed by atoms with Crippen LogP contribution in [0.1, 0.15) is 42.5 Å². The molecule has 1 N–H and O–H groups in total. The third-order valence-corrected chi connectivity index (χ3v) is 3.85. The van der Waals surface area contributed by atoms with Crippen LogP contribution in [0.5, 0.6) is 5.75 Å². The average Bonchev–Trinajstić information content (AvgIpc) is 2.52. The molecule has 1 aromatic rings. The Morgan fingerprint density at radius 1 is 1.45 bits per heavy atom. The molecule has 1 aliphatic rings. The van der Waals surface area contributed by atoms with Crippen LogP contribution in [0, 0.1) is 0 Å². The Kier molecular flexibility index (Phi) is 5.35. The molecule has 5 nitrogen and oxygen atoms in total. The lowest BCUT2D eigenvalue weighted by Crippen LogP contribution is -2.43. The number of hydrogen-bond donors (Lipinski definition) is 1. The van der Waals surface area contributed by atoms with Crippen LogP contribution in [-0.2, 0) is 0 Å². The summed E-state index contributed by atoms with van der Waals surface area (Å²) in [7, 11) is 1.53. The Hall–Kier alpha value is -1.62. The first kappa shape index (κ1) is 14.8. The Labute approximate surface area is 119 Å². The topological polar surface area (TPSA) is 62.7 Å². The van der Waals surface area contributed by atoms with Crippen LogP contribution < -0.4 is 4.74 Å². The van der Waals surface area contributed by atoms with Crippen molar-refractivity contribution >= 4 is 5.91 Å². The monoisotopic (exact) mass is 278 g/mol. The highest BCUT2D eigenvalue weighted by atomic mass is 16.5. The van der Waals surface area contributed by atoms with E-state index in [4.69, 9.17) is 4.74 Å². The number of aromatic nitrogens is 1. The molecule has 1 aliphatic carbocycles. The second-order valence-corrected chi connectivity index (χ2v) is 5.09. The predicted octanol–water partition coefficient (Wildman–Crippen LogP) is 1.86. The van der Waals surface area contributed by atoms with Gasteiger partial charge in [-0.15, -0.1) is 0 Å². The van der Waals surface area contributed by atoms with Crippen LogP contribution in [-0.4, -0.2) is 47.2 Å². The minimum atomic E-state index is -0.0785. The molecule has 0 radical (unpaired) electrons. The molecule has 1 aromatic heterocycles. The smallest absolute Gasteiger partial charge is 0.258 e. The molecule has 0 atom stereocenters. The fraction of sp³-hybridized carbons (Fsp3) is 0.600. The molecule has 1 amide bonds. The largest absolute Gasteiger partial charge is 0.494 e. The summed E-state index contributed by atoms with van der Waals surface area (Å²) in [6, 6.07) is 1.90. The van der Waals surface area contributed by atoms with Gasteiger partial charge >= 0.3 is 0 Å². The fourth-order valence-corrected chi connectivity index (χ4v) is 2.82. The molecular weight excluding hydrogens is 256 g/mol. The molecule has 20 heavy (non-hydrogen) atoms. The van der Waals surface area contributed by atoms with E-state index in [0.717, 1.165) is 25.7 Å². The van der Waals surface area contributed by atoms with E-state index >= 15 is 0 Å². The highest BCUT2D eigenvalue weighted by Crippen LogP contribution is 2.26. The minimum Gasteiger partial charge on any atom is -0.494 e. The summed E-state index contributed by atoms with van der Waals surface area (Å²) in [4.78, 5) is 18.5. The first-order valence-corrected chi connectivity index (χ1v) is 7.17. The normalized spacial score (nSPS) is 15.9. The molecule has 0 saturated heterocycles. The number of aliphatic hydroxyl groups is 1. The van der Waals surface area contributed by atoms with Gasteiger partial charge in [0.15, 0.2) is 0 Å². The standard InChI is InChI=1S/C15H22N2O3/c1-20-14-11-16-8-7-13(14)15(19)17(9-10-18)12-5-3-2-4-6-12/h7-8,11-12,18H,2-6,9-10H2,1H3. The number of amides is 1. The molecule has 0 bridgehead atoms. The Bertz CT molecular complexity index is 444. The third-order valence-electron chi connectivity index (χ3n) is 3.85. The molecule has 0 unspecified atom stereocenters. The Morgan fingerprint density at radius 3 is 2.85 bits per heavy atom. The lowest BCUT2D eigenvalue weighted by molar-refractivity contribution is 0.0582. The van der Waals surface area contributed by atoms with Gasteiger partial charge in [-0.05, 0) is 18.9 Å². The van der Waals surface area contributed by atoms with Crippen LogP contribution in [0.25, 0.3) is 0 Å². The molecular formula is C15H22N2O3. The van der Waals surface area contributed by atoms with Crippen molar-refractivity contribution in [2.45, 2.75) is 38.1 Å². The van der Waals surface area contributed by atoms with Crippen molar-refractivity contribution in [1.82, 2.24) is 9.88 Å². The maximum absolute atomic E-state index is 12.7. The van der Waals surface area contributed by atoms with Crippen molar-refractivity contribution in [2.75, 3.05) is 20.3 Å². The quantitative estimate of drug-likeness (QED) is 0.893. The van der Waals surface area contributed by atoms with E-state index in [1.54, 1.807) is 23.4 Å². The molecule has 0 spiro atoms. The number of carbonyl (C=O) groups is 1. The fourth-order valence-electron chi connectivity index (χ4n) is 2.82. The lowest BCUT2D eigenvalue weighted by Gasteiger charge is -2.34. The number of methoxy groups -OCH3 is 1. The lowest BCUT2D eigenvalue weighted by atomic mass is 9.93. The van der Waals surface area contributed by atoms with Gasteiger partial charge in [-0.25, -0.2) is 0 Å². The van der Waals surface area contributed by atoms with Crippen LogP contribution in [0.2, 0.25) is 0 Å². The molecule has 1 heterocycles. The maximum atomic E-state index is 12.7. The van der Waals surface area contributed by atoms with Crippen LogP contribution >= 0.6 is 0 Å². The van der Waals surface area contributed by atoms with E-state index in [-0.39, 0.29) is 18.6 Å². The van der Waals surface area contributed by atoms with Crippen molar-refractivity contribution in [1.29, 1.82) is 0 Å². The van der Waals surface area contributed by atoms with Gasteiger partial charge < -0.3 is 14.7 Å². The summed E-state index contributed by atoms with van der Waals surface area (Å²) in [5, 5.41) is 9.25. The summed E-state index contributed by atoms with van der Waals surface area (Å²) in [6.45, 7) is 0.352. The van der Waals surface area contributed by atoms with Gasteiger partial charge in [-0.1, -0.05) is 19.3 Å². The highest BCUT2D eigenvalue weighted by Gasteiger charge is 2.27. The number of hydrogen-bond acceptors (Lipinski definition) is 4. The maximum Gasteiger partial charge on any atom is 0.258 e. The zero-order valence-corrected chi connectivity index (χ0v) is 11.9. The van der Waals surface area contributed by atoms with Gasteiger partial charge in [0.25, 0.3) is 5.91 Å². The van der Waals surface area contributed by atoms with Crippen molar-refractivity contribution in [3.05, 3.63) is 24.0 Å². The molecule has 5 heteroatoms. The summed E-state index contributed by atoms with van der Waals surface area (Å²) >= 11 is 0. The van der Waals surface area contributed by atoms with Gasteiger partial charge in [-0.2, -0.15) is 0 Å². The summed E-state index contributed by atoms with van der Waals surface area (Å²) in [5.74, 6) is 0.404. The van der Waals surface area contributed by atoms with E-state index in [2.05, 4.69) is 4.98 Å². The van der Waals surface area contributed by atoms with Crippen LogP contribution in [0.3, 0.4) is 0 Å². The van der Waals surface area contributed by atoms with E-state index in [1.807, 2.05) is 0 Å². The molecule has 1 saturated carbocycles. The minimum absolute atomic E-state index is 0.0182. The number of pyridine rings is 1. The van der Waals surface area contributed by atoms with Crippen molar-refractivity contribution in [3.63, 3.8) is 0 Å². The van der Waals surface area contributed by atoms with Gasteiger partial charge in [0.1, 0.15) is 5.75 Å². The highest BCUT2D eigenvalue weighted by molar-refractivity contribution is 5.97. The second-order valence-electron chi connectivity index (χ2n) is 5.09. The summed E-state index contributed by atoms with van der Waals surface area (Å²) in [5.41, 5.74) is 0.515. The van der Waals surface area contributed by atoms with Crippen LogP contribution in [0.4, 0.5) is 0 Å². The van der Waals surface area contributed by atoms with Gasteiger partial charge in [-0.3, -0.25) is 9.78 Å². The van der Waals surface area contributed by atoms with E-state index in [9.17, 15) is 9.90 Å². The molecule has 0 aliphatic heterocycles. The van der Waals surface area contributed by atoms with Gasteiger partial charge in [0, 0.05) is 18.8 Å². The second kappa shape index (κ2) is 7.24. The summed E-state index contributed by atoms with van der Waals surface area (Å²) < 4.78 is 5.21. The number of ether oxygens (including phenoxy) is 1. The molecule has 2 rings (SSSR count). The molecule has 1 fully saturated rings. The molecule has 0 aromatic carbocycles. The van der Waals surface area contributed by atoms with E-state index < -0.39 is 0 Å². The summed E-state index contributed by atoms with van der Waals surface area (Å²) in [6.07, 6.45) is 8.69. The number of rotatable bonds is 5. The SMILES string of the molecule is COc1cnccc1C(=O)N(CCO)C1CCCCC1. The van der Waals surface area contributed by atoms with Crippen LogP contribution in [0.15, 0.2) is 18.5 Å². The number of aliphatic hydroxyl groups excluding tert-OH is 1. The number of carbonyl (C=O) groups excluding carboxylic acids is 1. The number of nitrogens with zero attached hydrogens (tertiary/aromatic N) is 2. The van der Waals surface area contributed by atoms with E-state index in [0.29, 0.717) is 17.9 Å².